The Hall–Kier alpha value is -0.400. The Morgan fingerprint density at radius 1 is 1.38 bits per heavy atom. The highest BCUT2D eigenvalue weighted by molar-refractivity contribution is 7.89. The number of thiocarbonyl (C=S) groups is 1. The molecular weight excluding hydrogens is 210 g/mol. The molecule has 78 valence electrons. The molecule has 0 spiro atoms. The van der Waals surface area contributed by atoms with Crippen LogP contribution >= 0.6 is 12.2 Å². The van der Waals surface area contributed by atoms with Crippen molar-refractivity contribution in [3.8, 4) is 0 Å². The molecule has 0 aliphatic rings. The second kappa shape index (κ2) is 6.11. The average Bonchev–Trinajstić information content (AvgIpc) is 2.05. The Labute approximate surface area is 84.3 Å². The van der Waals surface area contributed by atoms with Crippen LogP contribution in [0.2, 0.25) is 0 Å². The predicted octanol–water partition coefficient (Wildman–Crippen LogP) is -0.980. The van der Waals surface area contributed by atoms with E-state index < -0.39 is 10.0 Å². The van der Waals surface area contributed by atoms with E-state index in [1.807, 2.05) is 6.92 Å². The Balaban J connectivity index is 3.62. The summed E-state index contributed by atoms with van der Waals surface area (Å²) < 4.78 is 24.1. The number of rotatable bonds is 5. The molecule has 7 heteroatoms. The summed E-state index contributed by atoms with van der Waals surface area (Å²) in [6, 6.07) is 0. The summed E-state index contributed by atoms with van der Waals surface area (Å²) in [7, 11) is -1.74. The molecule has 0 saturated carbocycles. The molecule has 0 aliphatic heterocycles. The van der Waals surface area contributed by atoms with E-state index in [1.165, 1.54) is 7.05 Å². The highest BCUT2D eigenvalue weighted by Gasteiger charge is 2.05. The van der Waals surface area contributed by atoms with Crippen molar-refractivity contribution in [1.29, 1.82) is 0 Å². The molecule has 0 aromatic heterocycles. The van der Waals surface area contributed by atoms with Crippen molar-refractivity contribution < 1.29 is 8.42 Å². The number of nitrogens with one attached hydrogen (secondary N) is 3. The van der Waals surface area contributed by atoms with Crippen LogP contribution in [0.5, 0.6) is 0 Å². The number of hydrogen-bond donors (Lipinski definition) is 3. The maximum atomic E-state index is 10.9. The van der Waals surface area contributed by atoms with Gasteiger partial charge in [0.25, 0.3) is 0 Å². The lowest BCUT2D eigenvalue weighted by molar-refractivity contribution is 0.587. The fourth-order valence-corrected chi connectivity index (χ4v) is 1.45. The first kappa shape index (κ1) is 12.6. The van der Waals surface area contributed by atoms with Crippen molar-refractivity contribution in [3.63, 3.8) is 0 Å². The van der Waals surface area contributed by atoms with Gasteiger partial charge in [-0.25, -0.2) is 13.1 Å². The highest BCUT2D eigenvalue weighted by Crippen LogP contribution is 1.79. The van der Waals surface area contributed by atoms with Gasteiger partial charge in [0, 0.05) is 13.1 Å². The smallest absolute Gasteiger partial charge is 0.213 e. The van der Waals surface area contributed by atoms with Crippen molar-refractivity contribution >= 4 is 27.4 Å². The Morgan fingerprint density at radius 2 is 2.00 bits per heavy atom. The summed E-state index contributed by atoms with van der Waals surface area (Å²) in [5.74, 6) is 0.0229. The van der Waals surface area contributed by atoms with Crippen LogP contribution in [0.4, 0.5) is 0 Å². The van der Waals surface area contributed by atoms with E-state index in [0.29, 0.717) is 11.7 Å². The summed E-state index contributed by atoms with van der Waals surface area (Å²) in [5.41, 5.74) is 0. The predicted molar refractivity (Wildman–Crippen MR) is 57.1 cm³/mol. The zero-order chi connectivity index (χ0) is 10.3. The summed E-state index contributed by atoms with van der Waals surface area (Å²) in [6.45, 7) is 2.96. The Morgan fingerprint density at radius 3 is 2.46 bits per heavy atom. The number of hydrogen-bond acceptors (Lipinski definition) is 3. The summed E-state index contributed by atoms with van der Waals surface area (Å²) in [4.78, 5) is 0. The van der Waals surface area contributed by atoms with E-state index in [1.54, 1.807) is 0 Å². The standard InChI is InChI=1S/C6H15N3O2S2/c1-3-8-6(12)9-4-5-13(10,11)7-2/h7H,3-5H2,1-2H3,(H2,8,9,12). The van der Waals surface area contributed by atoms with Gasteiger partial charge in [0.05, 0.1) is 5.75 Å². The molecule has 0 amide bonds. The normalized spacial score (nSPS) is 10.9. The van der Waals surface area contributed by atoms with E-state index in [4.69, 9.17) is 12.2 Å². The lowest BCUT2D eigenvalue weighted by atomic mass is 10.7. The van der Waals surface area contributed by atoms with Crippen LogP contribution in [0.15, 0.2) is 0 Å². The van der Waals surface area contributed by atoms with Crippen LogP contribution in [0.25, 0.3) is 0 Å². The third-order valence-corrected chi connectivity index (χ3v) is 2.96. The number of sulfonamides is 1. The SMILES string of the molecule is CCNC(=S)NCCS(=O)(=O)NC. The minimum Gasteiger partial charge on any atom is -0.363 e. The summed E-state index contributed by atoms with van der Waals surface area (Å²) in [5, 5.41) is 6.11. The summed E-state index contributed by atoms with van der Waals surface area (Å²) >= 11 is 4.84. The maximum absolute atomic E-state index is 10.9. The molecule has 0 heterocycles. The van der Waals surface area contributed by atoms with Gasteiger partial charge in [-0.3, -0.25) is 0 Å². The quantitative estimate of drug-likeness (QED) is 0.525. The lowest BCUT2D eigenvalue weighted by Gasteiger charge is -2.08. The van der Waals surface area contributed by atoms with Crippen molar-refractivity contribution in [2.45, 2.75) is 6.92 Å². The largest absolute Gasteiger partial charge is 0.363 e. The maximum Gasteiger partial charge on any atom is 0.213 e. The molecule has 0 saturated heterocycles. The molecular formula is C6H15N3O2S2. The minimum absolute atomic E-state index is 0.0229. The van der Waals surface area contributed by atoms with E-state index in [0.717, 1.165) is 6.54 Å². The van der Waals surface area contributed by atoms with E-state index >= 15 is 0 Å². The van der Waals surface area contributed by atoms with Crippen LogP contribution in [0.1, 0.15) is 6.92 Å². The van der Waals surface area contributed by atoms with Gasteiger partial charge in [-0.05, 0) is 26.2 Å². The third kappa shape index (κ3) is 6.73. The molecule has 0 fully saturated rings. The van der Waals surface area contributed by atoms with E-state index in [9.17, 15) is 8.42 Å². The van der Waals surface area contributed by atoms with Crippen LogP contribution in [0, 0.1) is 0 Å². The second-order valence-corrected chi connectivity index (χ2v) is 4.76. The van der Waals surface area contributed by atoms with Gasteiger partial charge < -0.3 is 10.6 Å². The molecule has 13 heavy (non-hydrogen) atoms. The van der Waals surface area contributed by atoms with Crippen LogP contribution in [-0.2, 0) is 10.0 Å². The topological polar surface area (TPSA) is 70.2 Å². The molecule has 0 unspecified atom stereocenters. The second-order valence-electron chi connectivity index (χ2n) is 2.31. The van der Waals surface area contributed by atoms with Crippen molar-refractivity contribution in [3.05, 3.63) is 0 Å². The molecule has 0 rings (SSSR count). The Kier molecular flexibility index (Phi) is 5.93. The fourth-order valence-electron chi connectivity index (χ4n) is 0.624. The first-order valence-electron chi connectivity index (χ1n) is 3.94. The van der Waals surface area contributed by atoms with Gasteiger partial charge in [-0.15, -0.1) is 0 Å². The molecule has 0 aromatic rings. The van der Waals surface area contributed by atoms with Crippen LogP contribution in [-0.4, -0.2) is 39.4 Å². The minimum atomic E-state index is -3.13. The molecule has 0 aromatic carbocycles. The van der Waals surface area contributed by atoms with Crippen molar-refractivity contribution in [2.24, 2.45) is 0 Å². The molecule has 0 atom stereocenters. The monoisotopic (exact) mass is 225 g/mol. The molecule has 0 aliphatic carbocycles. The highest BCUT2D eigenvalue weighted by atomic mass is 32.2. The molecule has 5 nitrogen and oxygen atoms in total. The first-order chi connectivity index (χ1) is 6.02. The van der Waals surface area contributed by atoms with Gasteiger partial charge in [0.2, 0.25) is 10.0 Å². The fraction of sp³-hybridized carbons (Fsp3) is 0.833. The van der Waals surface area contributed by atoms with Gasteiger partial charge in [0.15, 0.2) is 5.11 Å². The Bertz CT molecular complexity index is 251. The molecule has 3 N–H and O–H groups in total. The van der Waals surface area contributed by atoms with E-state index in [-0.39, 0.29) is 5.75 Å². The van der Waals surface area contributed by atoms with Crippen LogP contribution < -0.4 is 15.4 Å². The average molecular weight is 225 g/mol. The zero-order valence-corrected chi connectivity index (χ0v) is 9.39. The van der Waals surface area contributed by atoms with Gasteiger partial charge >= 0.3 is 0 Å². The van der Waals surface area contributed by atoms with Crippen molar-refractivity contribution in [1.82, 2.24) is 15.4 Å². The van der Waals surface area contributed by atoms with Crippen molar-refractivity contribution in [2.75, 3.05) is 25.9 Å². The zero-order valence-electron chi connectivity index (χ0n) is 7.75. The summed E-state index contributed by atoms with van der Waals surface area (Å²) in [6.07, 6.45) is 0. The van der Waals surface area contributed by atoms with E-state index in [2.05, 4.69) is 15.4 Å². The van der Waals surface area contributed by atoms with Crippen LogP contribution in [0.3, 0.4) is 0 Å². The van der Waals surface area contributed by atoms with Gasteiger partial charge in [-0.1, -0.05) is 0 Å². The van der Waals surface area contributed by atoms with Gasteiger partial charge in [0.1, 0.15) is 0 Å². The van der Waals surface area contributed by atoms with Gasteiger partial charge in [-0.2, -0.15) is 0 Å². The lowest BCUT2D eigenvalue weighted by Crippen LogP contribution is -2.38. The third-order valence-electron chi connectivity index (χ3n) is 1.30. The molecule has 0 radical (unpaired) electrons. The molecule has 0 bridgehead atoms. The first-order valence-corrected chi connectivity index (χ1v) is 6.00.